The van der Waals surface area contributed by atoms with E-state index in [1.165, 1.54) is 0 Å². The smallest absolute Gasteiger partial charge is 0.407 e. The van der Waals surface area contributed by atoms with Crippen molar-refractivity contribution in [2.75, 3.05) is 26.2 Å². The third-order valence-electron chi connectivity index (χ3n) is 3.08. The number of halogens is 1. The van der Waals surface area contributed by atoms with Gasteiger partial charge < -0.3 is 30.4 Å². The van der Waals surface area contributed by atoms with Crippen molar-refractivity contribution in [2.24, 2.45) is 4.99 Å². The molecule has 160 valence electrons. The van der Waals surface area contributed by atoms with Crippen LogP contribution in [-0.4, -0.2) is 49.7 Å². The Balaban J connectivity index is 0.00000729. The monoisotopic (exact) mass is 509 g/mol. The molecule has 0 saturated heterocycles. The number of nitrogens with zero attached hydrogens (tertiary/aromatic N) is 1. The quantitative estimate of drug-likeness (QED) is 0.175. The van der Waals surface area contributed by atoms with Crippen molar-refractivity contribution in [1.82, 2.24) is 21.3 Å². The molecule has 0 atom stereocenters. The summed E-state index contributed by atoms with van der Waals surface area (Å²) in [7, 11) is 0. The number of rotatable bonds is 9. The molecule has 1 aromatic heterocycles. The van der Waals surface area contributed by atoms with Gasteiger partial charge in [0.25, 0.3) is 0 Å². The van der Waals surface area contributed by atoms with Crippen LogP contribution in [0, 0.1) is 0 Å². The number of carbonyl (C=O) groups is 2. The van der Waals surface area contributed by atoms with E-state index in [-0.39, 0.29) is 36.4 Å². The van der Waals surface area contributed by atoms with Gasteiger partial charge in [-0.1, -0.05) is 0 Å². The zero-order valence-electron chi connectivity index (χ0n) is 17.0. The summed E-state index contributed by atoms with van der Waals surface area (Å²) in [6, 6.07) is 3.56. The van der Waals surface area contributed by atoms with Gasteiger partial charge in [-0.15, -0.1) is 24.0 Å². The van der Waals surface area contributed by atoms with Gasteiger partial charge in [0.2, 0.25) is 5.91 Å². The molecule has 1 aromatic rings. The zero-order chi connectivity index (χ0) is 20.1. The molecule has 0 radical (unpaired) electrons. The number of hydrogen-bond acceptors (Lipinski definition) is 5. The lowest BCUT2D eigenvalue weighted by molar-refractivity contribution is -0.119. The number of guanidine groups is 1. The van der Waals surface area contributed by atoms with E-state index in [9.17, 15) is 9.59 Å². The first kappa shape index (κ1) is 26.0. The summed E-state index contributed by atoms with van der Waals surface area (Å²) in [6.07, 6.45) is 1.81. The SMILES string of the molecule is CCNC(=NCC(=O)NCc1ccco1)NCCCNC(=O)OC(C)(C)C.I. The maximum atomic E-state index is 11.8. The molecule has 4 N–H and O–H groups in total. The van der Waals surface area contributed by atoms with E-state index >= 15 is 0 Å². The number of aliphatic imine (C=N–C) groups is 1. The van der Waals surface area contributed by atoms with Gasteiger partial charge in [0.1, 0.15) is 17.9 Å². The largest absolute Gasteiger partial charge is 0.467 e. The fraction of sp³-hybridized carbons (Fsp3) is 0.611. The molecule has 9 nitrogen and oxygen atoms in total. The average Bonchev–Trinajstić information content (AvgIpc) is 3.09. The first-order valence-corrected chi connectivity index (χ1v) is 9.08. The van der Waals surface area contributed by atoms with Crippen molar-refractivity contribution >= 4 is 41.9 Å². The highest BCUT2D eigenvalue weighted by molar-refractivity contribution is 14.0. The lowest BCUT2D eigenvalue weighted by atomic mass is 10.2. The van der Waals surface area contributed by atoms with Crippen LogP contribution < -0.4 is 21.3 Å². The highest BCUT2D eigenvalue weighted by atomic mass is 127. The molecule has 0 aliphatic heterocycles. The predicted octanol–water partition coefficient (Wildman–Crippen LogP) is 1.98. The Labute approximate surface area is 183 Å². The van der Waals surface area contributed by atoms with Gasteiger partial charge in [-0.3, -0.25) is 4.79 Å². The molecular weight excluding hydrogens is 477 g/mol. The van der Waals surface area contributed by atoms with Crippen LogP contribution in [0.2, 0.25) is 0 Å². The molecular formula is C18H32IN5O4. The predicted molar refractivity (Wildman–Crippen MR) is 119 cm³/mol. The Morgan fingerprint density at radius 1 is 1.14 bits per heavy atom. The van der Waals surface area contributed by atoms with Gasteiger partial charge in [0, 0.05) is 19.6 Å². The van der Waals surface area contributed by atoms with Gasteiger partial charge in [0.05, 0.1) is 12.8 Å². The van der Waals surface area contributed by atoms with E-state index in [0.29, 0.717) is 44.3 Å². The highest BCUT2D eigenvalue weighted by Gasteiger charge is 2.15. The molecule has 0 unspecified atom stereocenters. The number of furan rings is 1. The van der Waals surface area contributed by atoms with Crippen LogP contribution >= 0.6 is 24.0 Å². The molecule has 0 fully saturated rings. The van der Waals surface area contributed by atoms with E-state index in [0.717, 1.165) is 0 Å². The molecule has 28 heavy (non-hydrogen) atoms. The van der Waals surface area contributed by atoms with Crippen LogP contribution in [0.5, 0.6) is 0 Å². The number of alkyl carbamates (subject to hydrolysis) is 1. The van der Waals surface area contributed by atoms with Gasteiger partial charge in [-0.2, -0.15) is 0 Å². The number of nitrogens with one attached hydrogen (secondary N) is 4. The first-order valence-electron chi connectivity index (χ1n) is 9.08. The Bertz CT molecular complexity index is 600. The van der Waals surface area contributed by atoms with Crippen molar-refractivity contribution in [3.05, 3.63) is 24.2 Å². The van der Waals surface area contributed by atoms with Crippen LogP contribution in [0.15, 0.2) is 27.8 Å². The Morgan fingerprint density at radius 2 is 1.86 bits per heavy atom. The molecule has 1 heterocycles. The number of carbonyl (C=O) groups excluding carboxylic acids is 2. The average molecular weight is 509 g/mol. The normalized spacial score (nSPS) is 11.2. The lowest BCUT2D eigenvalue weighted by Crippen LogP contribution is -2.40. The molecule has 1 rings (SSSR count). The minimum absolute atomic E-state index is 0. The second-order valence-corrected chi connectivity index (χ2v) is 6.76. The third kappa shape index (κ3) is 13.2. The van der Waals surface area contributed by atoms with E-state index in [4.69, 9.17) is 9.15 Å². The standard InChI is InChI=1S/C18H31N5O4.HI/c1-5-19-16(20-9-7-10-21-17(25)27-18(2,3)4)23-13-15(24)22-12-14-8-6-11-26-14;/h6,8,11H,5,7,9-10,12-13H2,1-4H3,(H,21,25)(H,22,24)(H2,19,20,23);1H. The lowest BCUT2D eigenvalue weighted by Gasteiger charge is -2.19. The molecule has 0 spiro atoms. The van der Waals surface area contributed by atoms with E-state index in [2.05, 4.69) is 26.3 Å². The van der Waals surface area contributed by atoms with Crippen LogP contribution in [0.3, 0.4) is 0 Å². The summed E-state index contributed by atoms with van der Waals surface area (Å²) in [5.74, 6) is 1.04. The molecule has 0 aliphatic carbocycles. The number of hydrogen-bond donors (Lipinski definition) is 4. The second-order valence-electron chi connectivity index (χ2n) is 6.76. The molecule has 0 saturated carbocycles. The van der Waals surface area contributed by atoms with Crippen molar-refractivity contribution < 1.29 is 18.7 Å². The molecule has 0 aromatic carbocycles. The number of amides is 2. The topological polar surface area (TPSA) is 117 Å². The minimum atomic E-state index is -0.509. The maximum Gasteiger partial charge on any atom is 0.407 e. The van der Waals surface area contributed by atoms with Crippen LogP contribution in [0.25, 0.3) is 0 Å². The van der Waals surface area contributed by atoms with Gasteiger partial charge >= 0.3 is 6.09 Å². The summed E-state index contributed by atoms with van der Waals surface area (Å²) < 4.78 is 10.3. The molecule has 0 aliphatic rings. The maximum absolute atomic E-state index is 11.8. The van der Waals surface area contributed by atoms with Crippen molar-refractivity contribution in [3.8, 4) is 0 Å². The Morgan fingerprint density at radius 3 is 2.46 bits per heavy atom. The Hall–Kier alpha value is -1.98. The first-order chi connectivity index (χ1) is 12.8. The van der Waals surface area contributed by atoms with E-state index < -0.39 is 11.7 Å². The van der Waals surface area contributed by atoms with Gasteiger partial charge in [-0.05, 0) is 46.2 Å². The number of ether oxygens (including phenoxy) is 1. The zero-order valence-corrected chi connectivity index (χ0v) is 19.3. The Kier molecular flexibility index (Phi) is 13.1. The van der Waals surface area contributed by atoms with Gasteiger partial charge in [0.15, 0.2) is 5.96 Å². The molecule has 2 amide bonds. The summed E-state index contributed by atoms with van der Waals surface area (Å²) in [4.78, 5) is 27.6. The van der Waals surface area contributed by atoms with Crippen molar-refractivity contribution in [1.29, 1.82) is 0 Å². The highest BCUT2D eigenvalue weighted by Crippen LogP contribution is 2.06. The van der Waals surface area contributed by atoms with E-state index in [1.807, 2.05) is 27.7 Å². The van der Waals surface area contributed by atoms with Crippen LogP contribution in [-0.2, 0) is 16.1 Å². The minimum Gasteiger partial charge on any atom is -0.467 e. The van der Waals surface area contributed by atoms with Crippen molar-refractivity contribution in [3.63, 3.8) is 0 Å². The molecule has 10 heteroatoms. The van der Waals surface area contributed by atoms with E-state index in [1.54, 1.807) is 18.4 Å². The van der Waals surface area contributed by atoms with Crippen molar-refractivity contribution in [2.45, 2.75) is 46.3 Å². The fourth-order valence-corrected chi connectivity index (χ4v) is 1.95. The third-order valence-corrected chi connectivity index (χ3v) is 3.08. The molecule has 0 bridgehead atoms. The van der Waals surface area contributed by atoms with Gasteiger partial charge in [-0.25, -0.2) is 9.79 Å². The summed E-state index contributed by atoms with van der Waals surface area (Å²) in [5, 5.41) is 11.6. The van der Waals surface area contributed by atoms with Crippen LogP contribution in [0.4, 0.5) is 4.79 Å². The van der Waals surface area contributed by atoms with Crippen LogP contribution in [0.1, 0.15) is 39.9 Å². The summed E-state index contributed by atoms with van der Waals surface area (Å²) >= 11 is 0. The fourth-order valence-electron chi connectivity index (χ4n) is 1.95. The summed E-state index contributed by atoms with van der Waals surface area (Å²) in [5.41, 5.74) is -0.509. The second kappa shape index (κ2) is 14.1. The summed E-state index contributed by atoms with van der Waals surface area (Å²) in [6.45, 7) is 9.48.